The summed E-state index contributed by atoms with van der Waals surface area (Å²) in [6.45, 7) is 5.22. The first-order valence-electron chi connectivity index (χ1n) is 5.94. The molecule has 18 heavy (non-hydrogen) atoms. The summed E-state index contributed by atoms with van der Waals surface area (Å²) in [5, 5.41) is 0. The van der Waals surface area contributed by atoms with Gasteiger partial charge in [-0.25, -0.2) is 0 Å². The van der Waals surface area contributed by atoms with Crippen molar-refractivity contribution in [1.29, 1.82) is 0 Å². The van der Waals surface area contributed by atoms with Gasteiger partial charge in [0.2, 0.25) is 0 Å². The molecular formula is C13H21N3O2. The van der Waals surface area contributed by atoms with E-state index in [2.05, 4.69) is 0 Å². The summed E-state index contributed by atoms with van der Waals surface area (Å²) in [6.07, 6.45) is 0.190. The van der Waals surface area contributed by atoms with Crippen LogP contribution < -0.4 is 16.4 Å². The minimum absolute atomic E-state index is 0.190. The number of carbonyl (C=O) groups is 1. The number of hydrogen-bond donors (Lipinski definition) is 2. The fraction of sp³-hybridized carbons (Fsp3) is 0.462. The van der Waals surface area contributed by atoms with Crippen LogP contribution in [0.5, 0.6) is 0 Å². The third-order valence-electron chi connectivity index (χ3n) is 2.58. The number of primary amides is 1. The van der Waals surface area contributed by atoms with Crippen LogP contribution in [0.1, 0.15) is 24.2 Å². The van der Waals surface area contributed by atoms with Crippen LogP contribution in [0.25, 0.3) is 0 Å². The molecule has 0 aliphatic carbocycles. The van der Waals surface area contributed by atoms with Crippen molar-refractivity contribution in [1.82, 2.24) is 0 Å². The van der Waals surface area contributed by atoms with Gasteiger partial charge in [-0.1, -0.05) is 0 Å². The van der Waals surface area contributed by atoms with Crippen molar-refractivity contribution in [3.8, 4) is 0 Å². The van der Waals surface area contributed by atoms with E-state index in [-0.39, 0.29) is 6.10 Å². The summed E-state index contributed by atoms with van der Waals surface area (Å²) in [5.74, 6) is -0.457. The summed E-state index contributed by atoms with van der Waals surface area (Å²) >= 11 is 0. The molecule has 1 amide bonds. The highest BCUT2D eigenvalue weighted by molar-refractivity contribution is 5.99. The van der Waals surface area contributed by atoms with Crippen LogP contribution in [-0.2, 0) is 4.74 Å². The Morgan fingerprint density at radius 3 is 2.67 bits per heavy atom. The molecule has 100 valence electrons. The molecule has 1 aromatic carbocycles. The molecule has 0 heterocycles. The number of hydrogen-bond acceptors (Lipinski definition) is 4. The molecule has 0 saturated heterocycles. The van der Waals surface area contributed by atoms with Crippen molar-refractivity contribution in [2.75, 3.05) is 30.8 Å². The predicted octanol–water partition coefficient (Wildman–Crippen LogP) is 1.23. The fourth-order valence-electron chi connectivity index (χ4n) is 1.62. The van der Waals surface area contributed by atoms with Crippen molar-refractivity contribution in [2.45, 2.75) is 20.0 Å². The van der Waals surface area contributed by atoms with Crippen molar-refractivity contribution < 1.29 is 9.53 Å². The van der Waals surface area contributed by atoms with Gasteiger partial charge in [0.05, 0.1) is 24.0 Å². The maximum atomic E-state index is 11.3. The van der Waals surface area contributed by atoms with Gasteiger partial charge in [-0.3, -0.25) is 4.79 Å². The number of ether oxygens (including phenoxy) is 1. The normalized spacial score (nSPS) is 10.7. The van der Waals surface area contributed by atoms with Gasteiger partial charge in [0.1, 0.15) is 0 Å². The summed E-state index contributed by atoms with van der Waals surface area (Å²) in [5.41, 5.74) is 12.9. The Bertz CT molecular complexity index is 419. The van der Waals surface area contributed by atoms with E-state index in [1.807, 2.05) is 25.8 Å². The van der Waals surface area contributed by atoms with Gasteiger partial charge in [-0.2, -0.15) is 0 Å². The van der Waals surface area contributed by atoms with Crippen molar-refractivity contribution in [3.63, 3.8) is 0 Å². The molecule has 0 atom stereocenters. The van der Waals surface area contributed by atoms with Gasteiger partial charge in [-0.05, 0) is 32.0 Å². The van der Waals surface area contributed by atoms with Crippen molar-refractivity contribution >= 4 is 17.3 Å². The van der Waals surface area contributed by atoms with E-state index in [0.717, 1.165) is 5.69 Å². The second kappa shape index (κ2) is 6.26. The Labute approximate surface area is 108 Å². The van der Waals surface area contributed by atoms with Gasteiger partial charge < -0.3 is 21.1 Å². The Kier molecular flexibility index (Phi) is 4.97. The second-order valence-electron chi connectivity index (χ2n) is 4.48. The molecule has 4 N–H and O–H groups in total. The molecule has 0 aliphatic rings. The number of rotatable bonds is 6. The van der Waals surface area contributed by atoms with Crippen LogP contribution in [0.2, 0.25) is 0 Å². The Morgan fingerprint density at radius 2 is 2.11 bits per heavy atom. The summed E-state index contributed by atoms with van der Waals surface area (Å²) < 4.78 is 5.48. The summed E-state index contributed by atoms with van der Waals surface area (Å²) in [6, 6.07) is 5.06. The predicted molar refractivity (Wildman–Crippen MR) is 73.7 cm³/mol. The van der Waals surface area contributed by atoms with Crippen LogP contribution in [0.3, 0.4) is 0 Å². The van der Waals surface area contributed by atoms with Gasteiger partial charge in [-0.15, -0.1) is 0 Å². The number of nitrogen functional groups attached to an aromatic ring is 1. The molecule has 5 nitrogen and oxygen atoms in total. The third kappa shape index (κ3) is 3.92. The van der Waals surface area contributed by atoms with Crippen molar-refractivity contribution in [2.24, 2.45) is 5.73 Å². The Morgan fingerprint density at radius 1 is 1.44 bits per heavy atom. The molecule has 0 spiro atoms. The molecule has 1 rings (SSSR count). The highest BCUT2D eigenvalue weighted by Gasteiger charge is 2.12. The molecule has 0 aromatic heterocycles. The maximum Gasteiger partial charge on any atom is 0.250 e. The number of benzene rings is 1. The van der Waals surface area contributed by atoms with Gasteiger partial charge in [0.25, 0.3) is 5.91 Å². The molecule has 0 unspecified atom stereocenters. The zero-order chi connectivity index (χ0) is 13.7. The van der Waals surface area contributed by atoms with Gasteiger partial charge in [0, 0.05) is 19.3 Å². The van der Waals surface area contributed by atoms with E-state index in [0.29, 0.717) is 24.4 Å². The first-order valence-corrected chi connectivity index (χ1v) is 5.94. The molecule has 0 saturated carbocycles. The summed E-state index contributed by atoms with van der Waals surface area (Å²) in [7, 11) is 1.88. The van der Waals surface area contributed by atoms with E-state index >= 15 is 0 Å². The van der Waals surface area contributed by atoms with E-state index in [9.17, 15) is 4.79 Å². The Hall–Kier alpha value is -1.75. The maximum absolute atomic E-state index is 11.3. The SMILES string of the molecule is CC(C)OCCN(C)c1cc(N)ccc1C(N)=O. The monoisotopic (exact) mass is 251 g/mol. The molecule has 0 bridgehead atoms. The van der Waals surface area contributed by atoms with E-state index in [1.165, 1.54) is 0 Å². The Balaban J connectivity index is 2.80. The van der Waals surface area contributed by atoms with Gasteiger partial charge >= 0.3 is 0 Å². The zero-order valence-corrected chi connectivity index (χ0v) is 11.1. The van der Waals surface area contributed by atoms with Crippen LogP contribution in [0.15, 0.2) is 18.2 Å². The number of likely N-dealkylation sites (N-methyl/N-ethyl adjacent to an activating group) is 1. The van der Waals surface area contributed by atoms with Crippen LogP contribution in [-0.4, -0.2) is 32.2 Å². The number of nitrogens with two attached hydrogens (primary N) is 2. The van der Waals surface area contributed by atoms with Gasteiger partial charge in [0.15, 0.2) is 0 Å². The van der Waals surface area contributed by atoms with E-state index in [4.69, 9.17) is 16.2 Å². The number of amides is 1. The zero-order valence-electron chi connectivity index (χ0n) is 11.1. The average Bonchev–Trinajstić information content (AvgIpc) is 2.27. The first-order chi connectivity index (χ1) is 8.41. The highest BCUT2D eigenvalue weighted by Crippen LogP contribution is 2.22. The standard InChI is InChI=1S/C13H21N3O2/c1-9(2)18-7-6-16(3)12-8-10(14)4-5-11(12)13(15)17/h4-5,8-9H,6-7,14H2,1-3H3,(H2,15,17). The average molecular weight is 251 g/mol. The largest absolute Gasteiger partial charge is 0.399 e. The first kappa shape index (κ1) is 14.3. The second-order valence-corrected chi connectivity index (χ2v) is 4.48. The molecule has 0 radical (unpaired) electrons. The van der Waals surface area contributed by atoms with E-state index < -0.39 is 5.91 Å². The lowest BCUT2D eigenvalue weighted by Crippen LogP contribution is -2.27. The lowest BCUT2D eigenvalue weighted by atomic mass is 10.1. The van der Waals surface area contributed by atoms with Crippen molar-refractivity contribution in [3.05, 3.63) is 23.8 Å². The molecule has 5 heteroatoms. The number of anilines is 2. The summed E-state index contributed by atoms with van der Waals surface area (Å²) in [4.78, 5) is 13.3. The lowest BCUT2D eigenvalue weighted by molar-refractivity contribution is 0.0845. The van der Waals surface area contributed by atoms with Crippen LogP contribution >= 0.6 is 0 Å². The van der Waals surface area contributed by atoms with E-state index in [1.54, 1.807) is 18.2 Å². The smallest absolute Gasteiger partial charge is 0.250 e. The van der Waals surface area contributed by atoms with Crippen LogP contribution in [0, 0.1) is 0 Å². The number of carbonyl (C=O) groups excluding carboxylic acids is 1. The number of nitrogens with zero attached hydrogens (tertiary/aromatic N) is 1. The molecule has 0 fully saturated rings. The molecule has 0 aliphatic heterocycles. The minimum Gasteiger partial charge on any atom is -0.399 e. The quantitative estimate of drug-likeness (QED) is 0.745. The van der Waals surface area contributed by atoms with Crippen LogP contribution in [0.4, 0.5) is 11.4 Å². The minimum atomic E-state index is -0.457. The fourth-order valence-corrected chi connectivity index (χ4v) is 1.62. The topological polar surface area (TPSA) is 81.6 Å². The third-order valence-corrected chi connectivity index (χ3v) is 2.58. The highest BCUT2D eigenvalue weighted by atomic mass is 16.5. The molecular weight excluding hydrogens is 230 g/mol. The lowest BCUT2D eigenvalue weighted by Gasteiger charge is -2.22. The molecule has 1 aromatic rings.